The zero-order valence-electron chi connectivity index (χ0n) is 8.89. The number of halogens is 1. The van der Waals surface area contributed by atoms with Crippen molar-refractivity contribution in [2.75, 3.05) is 6.54 Å². The minimum Gasteiger partial charge on any atom is -0.330 e. The second-order valence-corrected chi connectivity index (χ2v) is 3.70. The molecular weight excluding hydrogens is 177 g/mol. The standard InChI is InChI=1S/C12H18FN/c1-3-12(4-2,9-14)10-6-5-7-11(13)8-10/h5-8H,3-4,9,14H2,1-2H3. The Morgan fingerprint density at radius 2 is 1.93 bits per heavy atom. The third kappa shape index (κ3) is 1.95. The second-order valence-electron chi connectivity index (χ2n) is 3.70. The minimum atomic E-state index is -0.178. The van der Waals surface area contributed by atoms with E-state index in [1.54, 1.807) is 12.1 Å². The molecule has 0 saturated heterocycles. The molecule has 0 aliphatic rings. The molecule has 0 atom stereocenters. The quantitative estimate of drug-likeness (QED) is 0.785. The predicted molar refractivity (Wildman–Crippen MR) is 57.7 cm³/mol. The van der Waals surface area contributed by atoms with Crippen molar-refractivity contribution in [3.05, 3.63) is 35.6 Å². The van der Waals surface area contributed by atoms with Gasteiger partial charge in [0.15, 0.2) is 0 Å². The summed E-state index contributed by atoms with van der Waals surface area (Å²) in [7, 11) is 0. The Bertz CT molecular complexity index is 284. The van der Waals surface area contributed by atoms with Crippen molar-refractivity contribution in [3.8, 4) is 0 Å². The van der Waals surface area contributed by atoms with E-state index in [2.05, 4.69) is 13.8 Å². The highest BCUT2D eigenvalue weighted by Gasteiger charge is 2.26. The maximum Gasteiger partial charge on any atom is 0.123 e. The van der Waals surface area contributed by atoms with Crippen molar-refractivity contribution in [1.29, 1.82) is 0 Å². The lowest BCUT2D eigenvalue weighted by atomic mass is 9.76. The van der Waals surface area contributed by atoms with E-state index in [4.69, 9.17) is 5.73 Å². The Hall–Kier alpha value is -0.890. The molecule has 0 aromatic heterocycles. The lowest BCUT2D eigenvalue weighted by molar-refractivity contribution is 0.404. The molecular formula is C12H18FN. The van der Waals surface area contributed by atoms with E-state index in [0.717, 1.165) is 18.4 Å². The predicted octanol–water partition coefficient (Wildman–Crippen LogP) is 2.84. The second kappa shape index (κ2) is 4.56. The number of benzene rings is 1. The fourth-order valence-corrected chi connectivity index (χ4v) is 1.88. The molecule has 0 fully saturated rings. The van der Waals surface area contributed by atoms with E-state index < -0.39 is 0 Å². The van der Waals surface area contributed by atoms with E-state index in [1.165, 1.54) is 6.07 Å². The summed E-state index contributed by atoms with van der Waals surface area (Å²) in [6.45, 7) is 4.77. The first-order valence-electron chi connectivity index (χ1n) is 5.14. The van der Waals surface area contributed by atoms with Crippen molar-refractivity contribution >= 4 is 0 Å². The minimum absolute atomic E-state index is 0.0535. The van der Waals surface area contributed by atoms with Crippen LogP contribution < -0.4 is 5.73 Å². The van der Waals surface area contributed by atoms with Gasteiger partial charge in [-0.25, -0.2) is 4.39 Å². The number of hydrogen-bond acceptors (Lipinski definition) is 1. The maximum absolute atomic E-state index is 13.1. The van der Waals surface area contributed by atoms with Crippen LogP contribution in [0.25, 0.3) is 0 Å². The van der Waals surface area contributed by atoms with E-state index in [-0.39, 0.29) is 11.2 Å². The molecule has 1 aromatic rings. The molecule has 1 aromatic carbocycles. The molecule has 14 heavy (non-hydrogen) atoms. The van der Waals surface area contributed by atoms with Crippen LogP contribution in [0.5, 0.6) is 0 Å². The molecule has 0 amide bonds. The van der Waals surface area contributed by atoms with Gasteiger partial charge in [-0.3, -0.25) is 0 Å². The van der Waals surface area contributed by atoms with Gasteiger partial charge in [-0.1, -0.05) is 26.0 Å². The molecule has 0 unspecified atom stereocenters. The van der Waals surface area contributed by atoms with E-state index in [0.29, 0.717) is 6.54 Å². The van der Waals surface area contributed by atoms with Gasteiger partial charge in [-0.15, -0.1) is 0 Å². The van der Waals surface area contributed by atoms with Crippen LogP contribution in [0.3, 0.4) is 0 Å². The lowest BCUT2D eigenvalue weighted by Crippen LogP contribution is -2.33. The third-order valence-electron chi connectivity index (χ3n) is 3.18. The van der Waals surface area contributed by atoms with Crippen molar-refractivity contribution in [3.63, 3.8) is 0 Å². The number of nitrogens with two attached hydrogens (primary N) is 1. The highest BCUT2D eigenvalue weighted by Crippen LogP contribution is 2.30. The first-order valence-corrected chi connectivity index (χ1v) is 5.14. The van der Waals surface area contributed by atoms with Crippen LogP contribution in [0.2, 0.25) is 0 Å². The Balaban J connectivity index is 3.10. The first-order chi connectivity index (χ1) is 6.68. The summed E-state index contributed by atoms with van der Waals surface area (Å²) in [6.07, 6.45) is 1.90. The summed E-state index contributed by atoms with van der Waals surface area (Å²) in [5.41, 5.74) is 6.75. The summed E-state index contributed by atoms with van der Waals surface area (Å²) in [5.74, 6) is -0.178. The van der Waals surface area contributed by atoms with Gasteiger partial charge in [0.05, 0.1) is 0 Å². The van der Waals surface area contributed by atoms with E-state index >= 15 is 0 Å². The molecule has 0 heterocycles. The van der Waals surface area contributed by atoms with Gasteiger partial charge in [0.1, 0.15) is 5.82 Å². The molecule has 0 bridgehead atoms. The lowest BCUT2D eigenvalue weighted by Gasteiger charge is -2.30. The van der Waals surface area contributed by atoms with Gasteiger partial charge in [-0.05, 0) is 30.5 Å². The average molecular weight is 195 g/mol. The topological polar surface area (TPSA) is 26.0 Å². The summed E-state index contributed by atoms with van der Waals surface area (Å²) < 4.78 is 13.1. The first kappa shape index (κ1) is 11.2. The molecule has 0 spiro atoms. The van der Waals surface area contributed by atoms with Crippen LogP contribution in [0.1, 0.15) is 32.3 Å². The molecule has 0 saturated carbocycles. The van der Waals surface area contributed by atoms with Gasteiger partial charge >= 0.3 is 0 Å². The highest BCUT2D eigenvalue weighted by molar-refractivity contribution is 5.26. The molecule has 0 radical (unpaired) electrons. The summed E-state index contributed by atoms with van der Waals surface area (Å²) >= 11 is 0. The summed E-state index contributed by atoms with van der Waals surface area (Å²) in [5, 5.41) is 0. The maximum atomic E-state index is 13.1. The van der Waals surface area contributed by atoms with Gasteiger partial charge in [-0.2, -0.15) is 0 Å². The fourth-order valence-electron chi connectivity index (χ4n) is 1.88. The molecule has 78 valence electrons. The van der Waals surface area contributed by atoms with Crippen molar-refractivity contribution in [1.82, 2.24) is 0 Å². The molecule has 0 aliphatic heterocycles. The van der Waals surface area contributed by atoms with Crippen molar-refractivity contribution in [2.45, 2.75) is 32.1 Å². The normalized spacial score (nSPS) is 11.7. The Morgan fingerprint density at radius 1 is 1.29 bits per heavy atom. The average Bonchev–Trinajstić information content (AvgIpc) is 2.22. The molecule has 2 heteroatoms. The highest BCUT2D eigenvalue weighted by atomic mass is 19.1. The zero-order valence-corrected chi connectivity index (χ0v) is 8.89. The van der Waals surface area contributed by atoms with Gasteiger partial charge in [0.2, 0.25) is 0 Å². The smallest absolute Gasteiger partial charge is 0.123 e. The molecule has 1 rings (SSSR count). The molecule has 1 nitrogen and oxygen atoms in total. The fraction of sp³-hybridized carbons (Fsp3) is 0.500. The van der Waals surface area contributed by atoms with Gasteiger partial charge in [0, 0.05) is 12.0 Å². The van der Waals surface area contributed by atoms with Crippen molar-refractivity contribution in [2.24, 2.45) is 5.73 Å². The Morgan fingerprint density at radius 3 is 2.36 bits per heavy atom. The Kier molecular flexibility index (Phi) is 3.64. The van der Waals surface area contributed by atoms with Crippen LogP contribution in [-0.2, 0) is 5.41 Å². The largest absolute Gasteiger partial charge is 0.330 e. The SMILES string of the molecule is CCC(CC)(CN)c1cccc(F)c1. The number of rotatable bonds is 4. The monoisotopic (exact) mass is 195 g/mol. The summed E-state index contributed by atoms with van der Waals surface area (Å²) in [6, 6.07) is 6.78. The van der Waals surface area contributed by atoms with Crippen LogP contribution in [0, 0.1) is 5.82 Å². The van der Waals surface area contributed by atoms with Crippen molar-refractivity contribution < 1.29 is 4.39 Å². The zero-order chi connectivity index (χ0) is 10.6. The van der Waals surface area contributed by atoms with Gasteiger partial charge < -0.3 is 5.73 Å². The van der Waals surface area contributed by atoms with E-state index in [9.17, 15) is 4.39 Å². The van der Waals surface area contributed by atoms with Crippen LogP contribution >= 0.6 is 0 Å². The van der Waals surface area contributed by atoms with Gasteiger partial charge in [0.25, 0.3) is 0 Å². The molecule has 2 N–H and O–H groups in total. The molecule has 0 aliphatic carbocycles. The van der Waals surface area contributed by atoms with E-state index in [1.807, 2.05) is 6.07 Å². The van der Waals surface area contributed by atoms with Crippen LogP contribution in [0.4, 0.5) is 4.39 Å². The number of hydrogen-bond donors (Lipinski definition) is 1. The third-order valence-corrected chi connectivity index (χ3v) is 3.18. The van der Waals surface area contributed by atoms with Crippen LogP contribution in [-0.4, -0.2) is 6.54 Å². The summed E-state index contributed by atoms with van der Waals surface area (Å²) in [4.78, 5) is 0. The Labute approximate surface area is 85.1 Å². The van der Waals surface area contributed by atoms with Crippen LogP contribution in [0.15, 0.2) is 24.3 Å².